The van der Waals surface area contributed by atoms with Crippen molar-refractivity contribution in [2.24, 2.45) is 0 Å². The van der Waals surface area contributed by atoms with Crippen LogP contribution in [-0.4, -0.2) is 42.5 Å². The van der Waals surface area contributed by atoms with E-state index in [4.69, 9.17) is 17.0 Å². The van der Waals surface area contributed by atoms with Crippen LogP contribution in [0.1, 0.15) is 22.8 Å². The number of nitrogens with zero attached hydrogens (tertiary/aromatic N) is 1. The van der Waals surface area contributed by atoms with Crippen LogP contribution in [0, 0.1) is 0 Å². The molecule has 0 bridgehead atoms. The molecule has 0 atom stereocenters. The van der Waals surface area contributed by atoms with E-state index in [0.717, 1.165) is 10.0 Å². The minimum atomic E-state index is -0.365. The Morgan fingerprint density at radius 3 is 2.43 bits per heavy atom. The van der Waals surface area contributed by atoms with E-state index in [9.17, 15) is 9.59 Å². The van der Waals surface area contributed by atoms with Crippen LogP contribution in [-0.2, 0) is 11.2 Å². The maximum absolute atomic E-state index is 12.6. The highest BCUT2D eigenvalue weighted by molar-refractivity contribution is 9.10. The summed E-state index contributed by atoms with van der Waals surface area (Å²) in [6, 6.07) is 12.5. The second-order valence-corrected chi connectivity index (χ2v) is 7.47. The number of likely N-dealkylation sites (N-methyl/N-ethyl adjacent to an activating group) is 1. The molecule has 0 aliphatic heterocycles. The van der Waals surface area contributed by atoms with Crippen LogP contribution in [0.4, 0.5) is 5.69 Å². The van der Waals surface area contributed by atoms with Crippen molar-refractivity contribution >= 4 is 50.8 Å². The Balaban J connectivity index is 1.99. The molecule has 2 N–H and O–H groups in total. The molecule has 0 radical (unpaired) electrons. The molecule has 8 heteroatoms. The van der Waals surface area contributed by atoms with Crippen LogP contribution in [0.25, 0.3) is 0 Å². The number of benzene rings is 2. The maximum atomic E-state index is 12.6. The molecule has 0 aliphatic rings. The second kappa shape index (κ2) is 10.2. The Labute approximate surface area is 178 Å². The van der Waals surface area contributed by atoms with Gasteiger partial charge in [-0.2, -0.15) is 0 Å². The number of carbonyl (C=O) groups excluding carboxylic acids is 2. The van der Waals surface area contributed by atoms with Crippen molar-refractivity contribution in [1.29, 1.82) is 0 Å². The van der Waals surface area contributed by atoms with E-state index in [1.165, 1.54) is 0 Å². The van der Waals surface area contributed by atoms with Crippen molar-refractivity contribution in [2.75, 3.05) is 26.0 Å². The first-order valence-electron chi connectivity index (χ1n) is 8.64. The zero-order chi connectivity index (χ0) is 20.7. The Hall–Kier alpha value is -2.45. The highest BCUT2D eigenvalue weighted by Crippen LogP contribution is 2.23. The average molecular weight is 464 g/mol. The van der Waals surface area contributed by atoms with Gasteiger partial charge in [-0.15, -0.1) is 0 Å². The lowest BCUT2D eigenvalue weighted by atomic mass is 10.1. The summed E-state index contributed by atoms with van der Waals surface area (Å²) in [5, 5.41) is 5.79. The molecule has 28 heavy (non-hydrogen) atoms. The van der Waals surface area contributed by atoms with Gasteiger partial charge in [-0.1, -0.05) is 28.1 Å². The van der Waals surface area contributed by atoms with Gasteiger partial charge in [0.05, 0.1) is 18.6 Å². The molecule has 2 aromatic rings. The van der Waals surface area contributed by atoms with Gasteiger partial charge >= 0.3 is 0 Å². The summed E-state index contributed by atoms with van der Waals surface area (Å²) in [5.74, 6) is 0.152. The third-order valence-corrected chi connectivity index (χ3v) is 4.48. The van der Waals surface area contributed by atoms with Gasteiger partial charge in [-0.3, -0.25) is 14.9 Å². The zero-order valence-electron chi connectivity index (χ0n) is 15.9. The van der Waals surface area contributed by atoms with Gasteiger partial charge in [0.25, 0.3) is 5.91 Å². The molecule has 2 rings (SSSR count). The number of thiocarbonyl (C=S) groups is 1. The number of carbonyl (C=O) groups is 2. The van der Waals surface area contributed by atoms with Crippen molar-refractivity contribution in [3.05, 3.63) is 58.1 Å². The fourth-order valence-corrected chi connectivity index (χ4v) is 2.90. The van der Waals surface area contributed by atoms with Crippen molar-refractivity contribution in [1.82, 2.24) is 10.2 Å². The zero-order valence-corrected chi connectivity index (χ0v) is 18.3. The van der Waals surface area contributed by atoms with Gasteiger partial charge in [-0.25, -0.2) is 0 Å². The van der Waals surface area contributed by atoms with E-state index in [-0.39, 0.29) is 16.9 Å². The van der Waals surface area contributed by atoms with E-state index < -0.39 is 0 Å². The van der Waals surface area contributed by atoms with Gasteiger partial charge in [0.15, 0.2) is 5.11 Å². The maximum Gasteiger partial charge on any atom is 0.261 e. The van der Waals surface area contributed by atoms with Crippen LogP contribution in [0.5, 0.6) is 5.75 Å². The molecular weight excluding hydrogens is 442 g/mol. The normalized spacial score (nSPS) is 10.1. The van der Waals surface area contributed by atoms with Crippen LogP contribution in [0.3, 0.4) is 0 Å². The predicted octanol–water partition coefficient (Wildman–Crippen LogP) is 3.61. The number of hydrogen-bond acceptors (Lipinski definition) is 4. The third-order valence-electron chi connectivity index (χ3n) is 3.78. The Morgan fingerprint density at radius 2 is 1.82 bits per heavy atom. The summed E-state index contributed by atoms with van der Waals surface area (Å²) >= 11 is 8.59. The third kappa shape index (κ3) is 6.31. The van der Waals surface area contributed by atoms with Gasteiger partial charge in [0, 0.05) is 24.3 Å². The number of hydrogen-bond donors (Lipinski definition) is 2. The van der Waals surface area contributed by atoms with Crippen molar-refractivity contribution in [2.45, 2.75) is 13.3 Å². The lowest BCUT2D eigenvalue weighted by Gasteiger charge is -2.13. The molecular formula is C20H22BrN3O3S. The van der Waals surface area contributed by atoms with E-state index in [1.54, 1.807) is 37.2 Å². The first-order valence-corrected chi connectivity index (χ1v) is 9.84. The predicted molar refractivity (Wildman–Crippen MR) is 118 cm³/mol. The van der Waals surface area contributed by atoms with Gasteiger partial charge in [0.1, 0.15) is 5.75 Å². The largest absolute Gasteiger partial charge is 0.493 e. The number of halogens is 1. The number of ether oxygens (including phenoxy) is 1. The Morgan fingerprint density at radius 1 is 1.14 bits per heavy atom. The summed E-state index contributed by atoms with van der Waals surface area (Å²) in [7, 11) is 3.45. The van der Waals surface area contributed by atoms with Crippen molar-refractivity contribution in [3.63, 3.8) is 0 Å². The fourth-order valence-electron chi connectivity index (χ4n) is 2.33. The standard InChI is InChI=1S/C20H22BrN3O3S/c1-4-27-17-10-7-14(21)12-16(17)19(26)23-20(28)22-15-8-5-13(6-9-15)11-18(25)24(2)3/h5-10,12H,4,11H2,1-3H3,(H2,22,23,26,28). The molecule has 148 valence electrons. The Kier molecular flexibility index (Phi) is 7.95. The molecule has 0 aliphatic carbocycles. The molecule has 6 nitrogen and oxygen atoms in total. The minimum absolute atomic E-state index is 0.0302. The fraction of sp³-hybridized carbons (Fsp3) is 0.250. The summed E-state index contributed by atoms with van der Waals surface area (Å²) < 4.78 is 6.26. The van der Waals surface area contributed by atoms with Crippen LogP contribution >= 0.6 is 28.1 Å². The van der Waals surface area contributed by atoms with E-state index in [1.807, 2.05) is 31.2 Å². The monoisotopic (exact) mass is 463 g/mol. The highest BCUT2D eigenvalue weighted by atomic mass is 79.9. The SMILES string of the molecule is CCOc1ccc(Br)cc1C(=O)NC(=S)Nc1ccc(CC(=O)N(C)C)cc1. The summed E-state index contributed by atoms with van der Waals surface area (Å²) in [5.41, 5.74) is 2.00. The van der Waals surface area contributed by atoms with E-state index in [2.05, 4.69) is 26.6 Å². The molecule has 0 aromatic heterocycles. The first kappa shape index (κ1) is 21.8. The van der Waals surface area contributed by atoms with Crippen molar-refractivity contribution in [3.8, 4) is 5.75 Å². The number of amides is 2. The molecule has 0 fully saturated rings. The molecule has 0 unspecified atom stereocenters. The van der Waals surface area contributed by atoms with Gasteiger partial charge in [0.2, 0.25) is 5.91 Å². The second-order valence-electron chi connectivity index (χ2n) is 6.14. The first-order chi connectivity index (χ1) is 13.3. The molecule has 0 heterocycles. The van der Waals surface area contributed by atoms with Gasteiger partial charge < -0.3 is 15.0 Å². The van der Waals surface area contributed by atoms with Crippen LogP contribution in [0.2, 0.25) is 0 Å². The van der Waals surface area contributed by atoms with Crippen LogP contribution in [0.15, 0.2) is 46.9 Å². The van der Waals surface area contributed by atoms with Gasteiger partial charge in [-0.05, 0) is 55.0 Å². The average Bonchev–Trinajstić information content (AvgIpc) is 2.64. The molecule has 0 saturated carbocycles. The number of anilines is 1. The molecule has 0 spiro atoms. The summed E-state index contributed by atoms with van der Waals surface area (Å²) in [6.45, 7) is 2.30. The molecule has 2 amide bonds. The topological polar surface area (TPSA) is 70.7 Å². The smallest absolute Gasteiger partial charge is 0.261 e. The quantitative estimate of drug-likeness (QED) is 0.640. The summed E-state index contributed by atoms with van der Waals surface area (Å²) in [6.07, 6.45) is 0.331. The minimum Gasteiger partial charge on any atom is -0.493 e. The summed E-state index contributed by atoms with van der Waals surface area (Å²) in [4.78, 5) is 25.9. The number of rotatable bonds is 6. The highest BCUT2D eigenvalue weighted by Gasteiger charge is 2.15. The lowest BCUT2D eigenvalue weighted by molar-refractivity contribution is -0.127. The van der Waals surface area contributed by atoms with E-state index >= 15 is 0 Å². The molecule has 0 saturated heterocycles. The molecule has 2 aromatic carbocycles. The van der Waals surface area contributed by atoms with Crippen LogP contribution < -0.4 is 15.4 Å². The lowest BCUT2D eigenvalue weighted by Crippen LogP contribution is -2.34. The Bertz CT molecular complexity index is 869. The number of nitrogens with one attached hydrogen (secondary N) is 2. The van der Waals surface area contributed by atoms with E-state index in [0.29, 0.717) is 30.0 Å². The van der Waals surface area contributed by atoms with Crippen molar-refractivity contribution < 1.29 is 14.3 Å².